The standard InChI is InChI=1S/C18H20N6S.C2H2O4/c1-23-8-10-24(11-9-23)18(25)22-21-17-15-13(4-2-6-19-15)12-14-5-3-7-20-16(14)17;3-1(4)2(5)6/h2-7H,8-12H2,1H3,(H,22,25);(H,3,4)(H,5,6). The molecule has 4 rings (SSSR count). The zero-order chi connectivity index (χ0) is 22.4. The van der Waals surface area contributed by atoms with Gasteiger partial charge in [0.1, 0.15) is 5.71 Å². The van der Waals surface area contributed by atoms with Crippen molar-refractivity contribution in [2.75, 3.05) is 33.2 Å². The summed E-state index contributed by atoms with van der Waals surface area (Å²) in [5.41, 5.74) is 7.90. The summed E-state index contributed by atoms with van der Waals surface area (Å²) >= 11 is 5.53. The minimum absolute atomic E-state index is 0.654. The van der Waals surface area contributed by atoms with Gasteiger partial charge in [-0.15, -0.1) is 0 Å². The Hall–Kier alpha value is -3.44. The molecule has 3 heterocycles. The lowest BCUT2D eigenvalue weighted by molar-refractivity contribution is -0.159. The summed E-state index contributed by atoms with van der Waals surface area (Å²) in [6.07, 6.45) is 4.41. The van der Waals surface area contributed by atoms with E-state index in [1.165, 1.54) is 0 Å². The third-order valence-electron chi connectivity index (χ3n) is 4.85. The Labute approximate surface area is 184 Å². The van der Waals surface area contributed by atoms with Crippen LogP contribution in [-0.2, 0) is 16.0 Å². The number of aliphatic carboxylic acids is 2. The van der Waals surface area contributed by atoms with Crippen molar-refractivity contribution < 1.29 is 19.8 Å². The summed E-state index contributed by atoms with van der Waals surface area (Å²) in [6.45, 7) is 3.84. The lowest BCUT2D eigenvalue weighted by atomic mass is 9.91. The van der Waals surface area contributed by atoms with Crippen molar-refractivity contribution in [1.29, 1.82) is 0 Å². The number of carboxylic acids is 2. The van der Waals surface area contributed by atoms with E-state index < -0.39 is 11.9 Å². The summed E-state index contributed by atoms with van der Waals surface area (Å²) in [5, 5.41) is 20.0. The number of nitrogens with one attached hydrogen (secondary N) is 1. The first kappa shape index (κ1) is 22.2. The maximum atomic E-state index is 9.10. The van der Waals surface area contributed by atoms with Gasteiger partial charge in [0.05, 0.1) is 11.4 Å². The summed E-state index contributed by atoms with van der Waals surface area (Å²) in [5.74, 6) is -3.65. The van der Waals surface area contributed by atoms with Gasteiger partial charge in [-0.1, -0.05) is 12.1 Å². The monoisotopic (exact) mass is 442 g/mol. The van der Waals surface area contributed by atoms with Crippen LogP contribution < -0.4 is 5.43 Å². The molecule has 0 spiro atoms. The number of likely N-dealkylation sites (N-methyl/N-ethyl adjacent to an activating group) is 1. The third kappa shape index (κ3) is 5.58. The van der Waals surface area contributed by atoms with Crippen LogP contribution in [0, 0.1) is 0 Å². The fourth-order valence-corrected chi connectivity index (χ4v) is 3.42. The number of carbonyl (C=O) groups is 2. The summed E-state index contributed by atoms with van der Waals surface area (Å²) in [4.78, 5) is 31.7. The van der Waals surface area contributed by atoms with Crippen LogP contribution in [0.3, 0.4) is 0 Å². The van der Waals surface area contributed by atoms with Crippen molar-refractivity contribution >= 4 is 35.0 Å². The average molecular weight is 443 g/mol. The van der Waals surface area contributed by atoms with Gasteiger partial charge in [-0.3, -0.25) is 15.4 Å². The van der Waals surface area contributed by atoms with Gasteiger partial charge in [0.2, 0.25) is 0 Å². The first-order chi connectivity index (χ1) is 14.9. The van der Waals surface area contributed by atoms with E-state index in [1.54, 1.807) is 12.4 Å². The molecule has 1 fully saturated rings. The van der Waals surface area contributed by atoms with Gasteiger partial charge < -0.3 is 20.0 Å². The first-order valence-corrected chi connectivity index (χ1v) is 9.93. The Morgan fingerprint density at radius 1 is 1.00 bits per heavy atom. The zero-order valence-electron chi connectivity index (χ0n) is 16.9. The van der Waals surface area contributed by atoms with E-state index in [-0.39, 0.29) is 0 Å². The second-order valence-corrected chi connectivity index (χ2v) is 7.36. The molecule has 0 bridgehead atoms. The van der Waals surface area contributed by atoms with Crippen LogP contribution >= 0.6 is 12.2 Å². The molecule has 0 radical (unpaired) electrons. The molecule has 3 N–H and O–H groups in total. The van der Waals surface area contributed by atoms with E-state index in [0.717, 1.165) is 60.8 Å². The quantitative estimate of drug-likeness (QED) is 0.277. The Morgan fingerprint density at radius 2 is 1.52 bits per heavy atom. The second-order valence-electron chi connectivity index (χ2n) is 6.98. The number of fused-ring (bicyclic) bond motifs is 2. The predicted octanol–water partition coefficient (Wildman–Crippen LogP) is 0.411. The Morgan fingerprint density at radius 3 is 2.00 bits per heavy atom. The topological polar surface area (TPSA) is 131 Å². The number of pyridine rings is 2. The van der Waals surface area contributed by atoms with Crippen LogP contribution in [0.1, 0.15) is 22.5 Å². The average Bonchev–Trinajstić information content (AvgIpc) is 2.77. The van der Waals surface area contributed by atoms with Gasteiger partial charge in [0.25, 0.3) is 0 Å². The van der Waals surface area contributed by atoms with Gasteiger partial charge in [0.15, 0.2) is 5.11 Å². The minimum Gasteiger partial charge on any atom is -0.473 e. The van der Waals surface area contributed by atoms with Crippen LogP contribution in [0.2, 0.25) is 0 Å². The predicted molar refractivity (Wildman–Crippen MR) is 117 cm³/mol. The highest BCUT2D eigenvalue weighted by molar-refractivity contribution is 7.80. The Balaban J connectivity index is 0.000000401. The third-order valence-corrected chi connectivity index (χ3v) is 5.20. The molecular formula is C20H22N6O4S. The number of piperazine rings is 1. The lowest BCUT2D eigenvalue weighted by Crippen LogP contribution is -2.49. The molecule has 2 aromatic heterocycles. The van der Waals surface area contributed by atoms with Gasteiger partial charge in [-0.05, 0) is 42.5 Å². The van der Waals surface area contributed by atoms with Crippen molar-refractivity contribution in [3.8, 4) is 0 Å². The van der Waals surface area contributed by atoms with E-state index >= 15 is 0 Å². The summed E-state index contributed by atoms with van der Waals surface area (Å²) < 4.78 is 0. The number of nitrogens with zero attached hydrogens (tertiary/aromatic N) is 5. The minimum atomic E-state index is -1.82. The van der Waals surface area contributed by atoms with Crippen LogP contribution in [0.25, 0.3) is 0 Å². The van der Waals surface area contributed by atoms with E-state index in [1.807, 2.05) is 12.1 Å². The number of thiocarbonyl (C=S) groups is 1. The molecule has 1 aliphatic carbocycles. The van der Waals surface area contributed by atoms with Crippen molar-refractivity contribution in [2.45, 2.75) is 6.42 Å². The van der Waals surface area contributed by atoms with Crippen LogP contribution in [-0.4, -0.2) is 86.0 Å². The molecule has 162 valence electrons. The van der Waals surface area contributed by atoms with Crippen molar-refractivity contribution in [3.63, 3.8) is 0 Å². The van der Waals surface area contributed by atoms with E-state index in [2.05, 4.69) is 49.5 Å². The van der Waals surface area contributed by atoms with Crippen molar-refractivity contribution in [1.82, 2.24) is 25.2 Å². The smallest absolute Gasteiger partial charge is 0.414 e. The molecule has 0 saturated carbocycles. The fourth-order valence-electron chi connectivity index (χ4n) is 3.20. The number of hydrogen-bond acceptors (Lipinski definition) is 7. The number of rotatable bonds is 1. The summed E-state index contributed by atoms with van der Waals surface area (Å²) in [7, 11) is 2.13. The highest BCUT2D eigenvalue weighted by atomic mass is 32.1. The second kappa shape index (κ2) is 10.0. The molecule has 0 amide bonds. The Bertz CT molecular complexity index is 961. The van der Waals surface area contributed by atoms with Gasteiger partial charge in [-0.25, -0.2) is 9.59 Å². The van der Waals surface area contributed by atoms with Crippen LogP contribution in [0.15, 0.2) is 41.8 Å². The molecule has 2 aliphatic rings. The first-order valence-electron chi connectivity index (χ1n) is 9.52. The lowest BCUT2D eigenvalue weighted by Gasteiger charge is -2.33. The Kier molecular flexibility index (Phi) is 7.21. The normalized spacial score (nSPS) is 15.0. The van der Waals surface area contributed by atoms with E-state index in [0.29, 0.717) is 5.11 Å². The molecule has 2 aromatic rings. The van der Waals surface area contributed by atoms with Gasteiger partial charge >= 0.3 is 11.9 Å². The largest absolute Gasteiger partial charge is 0.473 e. The fraction of sp³-hybridized carbons (Fsp3) is 0.300. The highest BCUT2D eigenvalue weighted by Crippen LogP contribution is 2.24. The molecular weight excluding hydrogens is 420 g/mol. The van der Waals surface area contributed by atoms with Crippen molar-refractivity contribution in [2.24, 2.45) is 5.10 Å². The van der Waals surface area contributed by atoms with Gasteiger partial charge in [0, 0.05) is 45.0 Å². The molecule has 10 nitrogen and oxygen atoms in total. The maximum absolute atomic E-state index is 9.10. The SMILES string of the molecule is CN1CCN(C(=S)NN=C2c3ncccc3Cc3cccnc32)CC1.O=C(O)C(=O)O. The molecule has 1 aliphatic heterocycles. The number of aromatic nitrogens is 2. The zero-order valence-corrected chi connectivity index (χ0v) is 17.7. The molecule has 31 heavy (non-hydrogen) atoms. The summed E-state index contributed by atoms with van der Waals surface area (Å²) in [6, 6.07) is 8.10. The molecule has 0 atom stereocenters. The van der Waals surface area contributed by atoms with Crippen LogP contribution in [0.5, 0.6) is 0 Å². The van der Waals surface area contributed by atoms with Crippen molar-refractivity contribution in [3.05, 3.63) is 59.2 Å². The molecule has 0 unspecified atom stereocenters. The van der Waals surface area contributed by atoms with Crippen LogP contribution in [0.4, 0.5) is 0 Å². The number of carboxylic acid groups (broad SMARTS) is 2. The molecule has 1 saturated heterocycles. The molecule has 11 heteroatoms. The molecule has 0 aromatic carbocycles. The number of hydrogen-bond donors (Lipinski definition) is 3. The highest BCUT2D eigenvalue weighted by Gasteiger charge is 2.24. The van der Waals surface area contributed by atoms with E-state index in [9.17, 15) is 0 Å². The maximum Gasteiger partial charge on any atom is 0.414 e. The van der Waals surface area contributed by atoms with Gasteiger partial charge in [-0.2, -0.15) is 5.10 Å². The van der Waals surface area contributed by atoms with E-state index in [4.69, 9.17) is 32.0 Å². The number of hydrazone groups is 1.